The van der Waals surface area contributed by atoms with Crippen molar-refractivity contribution < 1.29 is 0 Å². The van der Waals surface area contributed by atoms with Gasteiger partial charge < -0.3 is 9.47 Å². The summed E-state index contributed by atoms with van der Waals surface area (Å²) in [6, 6.07) is 78.9. The summed E-state index contributed by atoms with van der Waals surface area (Å²) < 4.78 is 2.44. The first kappa shape index (κ1) is 31.6. The SMILES string of the molecule is c1ccc(-c2ccc(N(c3ccccc3)c3ccc(-c4ccccc4-n4c5ccccc5c5ccccc54)c(-c4cccc5ccccc45)c3)cc2)cc1. The first-order valence-electron chi connectivity index (χ1n) is 18.5. The van der Waals surface area contributed by atoms with Crippen LogP contribution in [0, 0.1) is 0 Å². The summed E-state index contributed by atoms with van der Waals surface area (Å²) in [5, 5.41) is 4.96. The lowest BCUT2D eigenvalue weighted by Crippen LogP contribution is -2.10. The van der Waals surface area contributed by atoms with Gasteiger partial charge in [-0.15, -0.1) is 0 Å². The highest BCUT2D eigenvalue weighted by Crippen LogP contribution is 2.45. The van der Waals surface area contributed by atoms with Crippen molar-refractivity contribution in [1.29, 1.82) is 0 Å². The molecule has 1 heterocycles. The molecule has 10 rings (SSSR count). The van der Waals surface area contributed by atoms with E-state index in [-0.39, 0.29) is 0 Å². The molecule has 0 aliphatic heterocycles. The van der Waals surface area contributed by atoms with Crippen LogP contribution < -0.4 is 4.90 Å². The molecule has 9 aromatic carbocycles. The van der Waals surface area contributed by atoms with Crippen LogP contribution in [-0.4, -0.2) is 4.57 Å². The van der Waals surface area contributed by atoms with Crippen molar-refractivity contribution >= 4 is 49.6 Å². The summed E-state index contributed by atoms with van der Waals surface area (Å²) in [5.41, 5.74) is 14.0. The molecule has 2 nitrogen and oxygen atoms in total. The standard InChI is InChI=1S/C52H36N2/c1-3-16-37(17-4-1)38-30-32-41(33-31-38)53(40-20-5-2-6-21-40)42-34-35-45(49(36-42)44-26-15-19-39-18-7-8-22-43(39)44)46-23-9-12-27-50(46)54-51-28-13-10-24-47(51)48-25-11-14-29-52(48)54/h1-36H. The molecule has 0 radical (unpaired) electrons. The molecule has 0 aliphatic rings. The van der Waals surface area contributed by atoms with Crippen LogP contribution in [0.5, 0.6) is 0 Å². The molecule has 254 valence electrons. The van der Waals surface area contributed by atoms with E-state index in [1.165, 1.54) is 66.0 Å². The molecule has 0 saturated carbocycles. The highest BCUT2D eigenvalue weighted by Gasteiger charge is 2.21. The Hall–Kier alpha value is -7.16. The molecule has 0 bridgehead atoms. The first-order chi connectivity index (χ1) is 26.8. The van der Waals surface area contributed by atoms with E-state index in [0.717, 1.165) is 22.7 Å². The predicted molar refractivity (Wildman–Crippen MR) is 229 cm³/mol. The fourth-order valence-corrected chi connectivity index (χ4v) is 8.13. The second-order valence-corrected chi connectivity index (χ2v) is 13.7. The molecule has 2 heteroatoms. The normalized spacial score (nSPS) is 11.3. The molecule has 0 N–H and O–H groups in total. The van der Waals surface area contributed by atoms with Gasteiger partial charge in [-0.05, 0) is 93.2 Å². The van der Waals surface area contributed by atoms with Crippen molar-refractivity contribution in [3.63, 3.8) is 0 Å². The fourth-order valence-electron chi connectivity index (χ4n) is 8.13. The molecule has 0 amide bonds. The Kier molecular flexibility index (Phi) is 7.85. The summed E-state index contributed by atoms with van der Waals surface area (Å²) in [6.07, 6.45) is 0. The summed E-state index contributed by atoms with van der Waals surface area (Å²) >= 11 is 0. The van der Waals surface area contributed by atoms with E-state index < -0.39 is 0 Å². The maximum absolute atomic E-state index is 2.44. The Bertz CT molecular complexity index is 2860. The fraction of sp³-hybridized carbons (Fsp3) is 0. The molecule has 54 heavy (non-hydrogen) atoms. The van der Waals surface area contributed by atoms with E-state index in [2.05, 4.69) is 228 Å². The number of aromatic nitrogens is 1. The third-order valence-corrected chi connectivity index (χ3v) is 10.6. The summed E-state index contributed by atoms with van der Waals surface area (Å²) in [6.45, 7) is 0. The molecule has 10 aromatic rings. The van der Waals surface area contributed by atoms with Gasteiger partial charge in [0.2, 0.25) is 0 Å². The van der Waals surface area contributed by atoms with Crippen molar-refractivity contribution in [1.82, 2.24) is 4.57 Å². The van der Waals surface area contributed by atoms with Gasteiger partial charge in [-0.2, -0.15) is 0 Å². The largest absolute Gasteiger partial charge is 0.310 e. The van der Waals surface area contributed by atoms with E-state index in [0.29, 0.717) is 0 Å². The van der Waals surface area contributed by atoms with E-state index in [1.807, 2.05) is 0 Å². The lowest BCUT2D eigenvalue weighted by atomic mass is 9.90. The van der Waals surface area contributed by atoms with Crippen molar-refractivity contribution in [2.45, 2.75) is 0 Å². The van der Waals surface area contributed by atoms with Gasteiger partial charge in [-0.25, -0.2) is 0 Å². The molecular formula is C52H36N2. The molecule has 0 spiro atoms. The predicted octanol–water partition coefficient (Wildman–Crippen LogP) is 14.4. The smallest absolute Gasteiger partial charge is 0.0541 e. The lowest BCUT2D eigenvalue weighted by molar-refractivity contribution is 1.18. The summed E-state index contributed by atoms with van der Waals surface area (Å²) in [7, 11) is 0. The first-order valence-corrected chi connectivity index (χ1v) is 18.5. The van der Waals surface area contributed by atoms with E-state index >= 15 is 0 Å². The molecule has 0 atom stereocenters. The number of fused-ring (bicyclic) bond motifs is 4. The van der Waals surface area contributed by atoms with Crippen LogP contribution >= 0.6 is 0 Å². The number of hydrogen-bond acceptors (Lipinski definition) is 1. The van der Waals surface area contributed by atoms with Gasteiger partial charge in [0.05, 0.1) is 16.7 Å². The van der Waals surface area contributed by atoms with Gasteiger partial charge in [-0.3, -0.25) is 0 Å². The Morgan fingerprint density at radius 3 is 1.56 bits per heavy atom. The topological polar surface area (TPSA) is 8.17 Å². The van der Waals surface area contributed by atoms with Crippen molar-refractivity contribution in [2.75, 3.05) is 4.90 Å². The maximum Gasteiger partial charge on any atom is 0.0541 e. The molecule has 0 fully saturated rings. The molecule has 0 saturated heterocycles. The number of hydrogen-bond donors (Lipinski definition) is 0. The van der Waals surface area contributed by atoms with Crippen molar-refractivity contribution in [3.05, 3.63) is 218 Å². The maximum atomic E-state index is 2.44. The van der Waals surface area contributed by atoms with E-state index in [9.17, 15) is 0 Å². The van der Waals surface area contributed by atoms with E-state index in [4.69, 9.17) is 0 Å². The highest BCUT2D eigenvalue weighted by atomic mass is 15.1. The van der Waals surface area contributed by atoms with Crippen LogP contribution in [0.2, 0.25) is 0 Å². The number of rotatable bonds is 7. The van der Waals surface area contributed by atoms with E-state index in [1.54, 1.807) is 0 Å². The second-order valence-electron chi connectivity index (χ2n) is 13.7. The van der Waals surface area contributed by atoms with Crippen LogP contribution in [0.1, 0.15) is 0 Å². The van der Waals surface area contributed by atoms with Gasteiger partial charge in [0.15, 0.2) is 0 Å². The summed E-state index contributed by atoms with van der Waals surface area (Å²) in [5.74, 6) is 0. The average molecular weight is 689 g/mol. The number of benzene rings is 9. The second kappa shape index (κ2) is 13.4. The molecule has 0 aliphatic carbocycles. The van der Waals surface area contributed by atoms with Crippen LogP contribution in [0.15, 0.2) is 218 Å². The van der Waals surface area contributed by atoms with Gasteiger partial charge >= 0.3 is 0 Å². The summed E-state index contributed by atoms with van der Waals surface area (Å²) in [4.78, 5) is 2.37. The molecule has 1 aromatic heterocycles. The van der Waals surface area contributed by atoms with Crippen molar-refractivity contribution in [2.24, 2.45) is 0 Å². The van der Waals surface area contributed by atoms with Crippen LogP contribution in [-0.2, 0) is 0 Å². The number of anilines is 3. The van der Waals surface area contributed by atoms with Crippen LogP contribution in [0.25, 0.3) is 71.6 Å². The zero-order valence-electron chi connectivity index (χ0n) is 29.7. The van der Waals surface area contributed by atoms with Gasteiger partial charge in [0, 0.05) is 33.4 Å². The third kappa shape index (κ3) is 5.44. The van der Waals surface area contributed by atoms with Gasteiger partial charge in [0.25, 0.3) is 0 Å². The minimum atomic E-state index is 1.09. The zero-order chi connectivity index (χ0) is 35.8. The lowest BCUT2D eigenvalue weighted by Gasteiger charge is -2.27. The Morgan fingerprint density at radius 2 is 0.815 bits per heavy atom. The Balaban J connectivity index is 1.22. The zero-order valence-corrected chi connectivity index (χ0v) is 29.7. The van der Waals surface area contributed by atoms with Crippen LogP contribution in [0.3, 0.4) is 0 Å². The average Bonchev–Trinajstić information content (AvgIpc) is 3.59. The monoisotopic (exact) mass is 688 g/mol. The van der Waals surface area contributed by atoms with Gasteiger partial charge in [0.1, 0.15) is 0 Å². The minimum Gasteiger partial charge on any atom is -0.310 e. The molecule has 0 unspecified atom stereocenters. The highest BCUT2D eigenvalue weighted by molar-refractivity contribution is 6.10. The Labute approximate surface area is 315 Å². The van der Waals surface area contributed by atoms with Crippen LogP contribution in [0.4, 0.5) is 17.1 Å². The number of para-hydroxylation sites is 4. The third-order valence-electron chi connectivity index (χ3n) is 10.6. The minimum absolute atomic E-state index is 1.09. The quantitative estimate of drug-likeness (QED) is 0.162. The Morgan fingerprint density at radius 1 is 0.296 bits per heavy atom. The van der Waals surface area contributed by atoms with Crippen molar-refractivity contribution in [3.8, 4) is 39.1 Å². The molecular weight excluding hydrogens is 653 g/mol. The van der Waals surface area contributed by atoms with Gasteiger partial charge in [-0.1, -0.05) is 164 Å². The number of nitrogens with zero attached hydrogens (tertiary/aromatic N) is 2.